The van der Waals surface area contributed by atoms with Crippen molar-refractivity contribution < 1.29 is 9.59 Å². The number of hydrogen-bond donors (Lipinski definition) is 2. The van der Waals surface area contributed by atoms with Gasteiger partial charge >= 0.3 is 0 Å². The van der Waals surface area contributed by atoms with Crippen LogP contribution in [0.25, 0.3) is 4.96 Å². The molecule has 0 spiro atoms. The quantitative estimate of drug-likeness (QED) is 0.754. The van der Waals surface area contributed by atoms with Crippen LogP contribution in [0.1, 0.15) is 27.9 Å². The van der Waals surface area contributed by atoms with Gasteiger partial charge in [-0.1, -0.05) is 6.07 Å². The predicted molar refractivity (Wildman–Crippen MR) is 97.5 cm³/mol. The van der Waals surface area contributed by atoms with E-state index in [-0.39, 0.29) is 11.5 Å². The zero-order chi connectivity index (χ0) is 18.1. The summed E-state index contributed by atoms with van der Waals surface area (Å²) in [5.74, 6) is -0.755. The summed E-state index contributed by atoms with van der Waals surface area (Å²) in [5.41, 5.74) is 1.37. The van der Waals surface area contributed by atoms with Crippen molar-refractivity contribution in [3.8, 4) is 0 Å². The van der Waals surface area contributed by atoms with E-state index in [1.807, 2.05) is 13.8 Å². The molecule has 0 atom stereocenters. The number of carbonyl (C=O) groups excluding carboxylic acids is 2. The second kappa shape index (κ2) is 6.48. The molecule has 128 valence electrons. The van der Waals surface area contributed by atoms with Crippen LogP contribution in [0.5, 0.6) is 0 Å². The van der Waals surface area contributed by atoms with Crippen LogP contribution in [-0.4, -0.2) is 21.2 Å². The van der Waals surface area contributed by atoms with E-state index in [0.717, 1.165) is 10.6 Å². The maximum absolute atomic E-state index is 12.6. The molecule has 0 saturated heterocycles. The summed E-state index contributed by atoms with van der Waals surface area (Å²) in [6.07, 6.45) is 1.29. The number of carbonyl (C=O) groups is 2. The van der Waals surface area contributed by atoms with E-state index in [1.54, 1.807) is 24.3 Å². The fourth-order valence-corrected chi connectivity index (χ4v) is 3.34. The third kappa shape index (κ3) is 3.29. The number of anilines is 2. The first-order valence-corrected chi connectivity index (χ1v) is 8.35. The molecule has 0 fully saturated rings. The van der Waals surface area contributed by atoms with Crippen molar-refractivity contribution in [3.05, 3.63) is 57.0 Å². The zero-order valence-electron chi connectivity index (χ0n) is 13.9. The number of thiazole rings is 1. The van der Waals surface area contributed by atoms with E-state index in [1.165, 1.54) is 28.9 Å². The van der Waals surface area contributed by atoms with E-state index in [9.17, 15) is 14.4 Å². The van der Waals surface area contributed by atoms with Gasteiger partial charge in [0.25, 0.3) is 11.5 Å². The third-order valence-corrected chi connectivity index (χ3v) is 4.78. The van der Waals surface area contributed by atoms with Crippen LogP contribution in [0.15, 0.2) is 35.3 Å². The standard InChI is InChI=1S/C17H16N4O3S/c1-9-10(2)25-17-18-8-14(16(24)21(9)17)15(23)20-13-6-4-5-12(7-13)19-11(3)22/h4-8H,1-3H3,(H,19,22)(H,20,23). The lowest BCUT2D eigenvalue weighted by molar-refractivity contribution is -0.114. The van der Waals surface area contributed by atoms with Gasteiger partial charge in [0.1, 0.15) is 5.56 Å². The van der Waals surface area contributed by atoms with Gasteiger partial charge in [-0.25, -0.2) is 4.98 Å². The molecule has 2 heterocycles. The Morgan fingerprint density at radius 1 is 1.16 bits per heavy atom. The Hall–Kier alpha value is -3.00. The molecule has 8 heteroatoms. The monoisotopic (exact) mass is 356 g/mol. The van der Waals surface area contributed by atoms with Crippen LogP contribution in [0.2, 0.25) is 0 Å². The minimum absolute atomic E-state index is 0.0386. The average molecular weight is 356 g/mol. The molecule has 25 heavy (non-hydrogen) atoms. The molecule has 0 radical (unpaired) electrons. The molecule has 0 saturated carbocycles. The Kier molecular flexibility index (Phi) is 4.37. The summed E-state index contributed by atoms with van der Waals surface area (Å²) < 4.78 is 1.45. The minimum atomic E-state index is -0.546. The molecule has 0 aliphatic carbocycles. The van der Waals surface area contributed by atoms with E-state index in [4.69, 9.17) is 0 Å². The van der Waals surface area contributed by atoms with Crippen molar-refractivity contribution in [2.75, 3.05) is 10.6 Å². The summed E-state index contributed by atoms with van der Waals surface area (Å²) in [7, 11) is 0. The van der Waals surface area contributed by atoms with Crippen LogP contribution < -0.4 is 16.2 Å². The number of aromatic nitrogens is 2. The van der Waals surface area contributed by atoms with E-state index in [0.29, 0.717) is 16.3 Å². The summed E-state index contributed by atoms with van der Waals surface area (Å²) >= 11 is 1.40. The maximum atomic E-state index is 12.6. The second-order valence-corrected chi connectivity index (χ2v) is 6.74. The molecule has 3 rings (SSSR count). The van der Waals surface area contributed by atoms with Crippen molar-refractivity contribution in [2.24, 2.45) is 0 Å². The summed E-state index contributed by atoms with van der Waals surface area (Å²) in [4.78, 5) is 42.0. The molecular formula is C17H16N4O3S. The number of nitrogens with one attached hydrogen (secondary N) is 2. The van der Waals surface area contributed by atoms with E-state index >= 15 is 0 Å². The molecule has 7 nitrogen and oxygen atoms in total. The molecule has 3 aromatic rings. The number of fused-ring (bicyclic) bond motifs is 1. The van der Waals surface area contributed by atoms with Crippen LogP contribution in [0.3, 0.4) is 0 Å². The highest BCUT2D eigenvalue weighted by Crippen LogP contribution is 2.19. The summed E-state index contributed by atoms with van der Waals surface area (Å²) in [6.45, 7) is 5.13. The largest absolute Gasteiger partial charge is 0.326 e. The number of aryl methyl sites for hydroxylation is 2. The van der Waals surface area contributed by atoms with Crippen LogP contribution >= 0.6 is 11.3 Å². The first-order chi connectivity index (χ1) is 11.9. The number of rotatable bonds is 3. The van der Waals surface area contributed by atoms with Crippen LogP contribution in [0.4, 0.5) is 11.4 Å². The van der Waals surface area contributed by atoms with Gasteiger partial charge in [-0.05, 0) is 32.0 Å². The van der Waals surface area contributed by atoms with Gasteiger partial charge in [0.2, 0.25) is 5.91 Å². The average Bonchev–Trinajstić information content (AvgIpc) is 2.82. The molecule has 0 bridgehead atoms. The van der Waals surface area contributed by atoms with E-state index in [2.05, 4.69) is 15.6 Å². The molecule has 0 unspecified atom stereocenters. The Morgan fingerprint density at radius 3 is 2.52 bits per heavy atom. The third-order valence-electron chi connectivity index (χ3n) is 3.70. The molecular weight excluding hydrogens is 340 g/mol. The molecule has 1 aromatic carbocycles. The maximum Gasteiger partial charge on any atom is 0.271 e. The first-order valence-electron chi connectivity index (χ1n) is 7.53. The lowest BCUT2D eigenvalue weighted by Gasteiger charge is -2.08. The topological polar surface area (TPSA) is 92.6 Å². The zero-order valence-corrected chi connectivity index (χ0v) is 14.7. The Bertz CT molecular complexity index is 1050. The highest BCUT2D eigenvalue weighted by molar-refractivity contribution is 7.17. The number of hydrogen-bond acceptors (Lipinski definition) is 5. The van der Waals surface area contributed by atoms with Gasteiger partial charge in [0, 0.05) is 35.1 Å². The Morgan fingerprint density at radius 2 is 1.84 bits per heavy atom. The summed E-state index contributed by atoms with van der Waals surface area (Å²) in [6, 6.07) is 6.69. The summed E-state index contributed by atoms with van der Waals surface area (Å²) in [5, 5.41) is 5.30. The molecule has 0 aliphatic heterocycles. The molecule has 2 aromatic heterocycles. The number of amides is 2. The van der Waals surface area contributed by atoms with Crippen molar-refractivity contribution in [1.82, 2.24) is 9.38 Å². The first kappa shape index (κ1) is 16.8. The minimum Gasteiger partial charge on any atom is -0.326 e. The Balaban J connectivity index is 1.93. The van der Waals surface area contributed by atoms with Crippen molar-refractivity contribution >= 4 is 39.5 Å². The highest BCUT2D eigenvalue weighted by Gasteiger charge is 2.16. The van der Waals surface area contributed by atoms with Gasteiger partial charge in [-0.2, -0.15) is 0 Å². The Labute approximate surface area is 147 Å². The highest BCUT2D eigenvalue weighted by atomic mass is 32.1. The molecule has 2 amide bonds. The predicted octanol–water partition coefficient (Wildman–Crippen LogP) is 2.58. The SMILES string of the molecule is CC(=O)Nc1cccc(NC(=O)c2cnc3sc(C)c(C)n3c2=O)c1. The van der Waals surface area contributed by atoms with Gasteiger partial charge in [-0.15, -0.1) is 11.3 Å². The lowest BCUT2D eigenvalue weighted by atomic mass is 10.2. The smallest absolute Gasteiger partial charge is 0.271 e. The van der Waals surface area contributed by atoms with Gasteiger partial charge in [0.15, 0.2) is 4.96 Å². The van der Waals surface area contributed by atoms with Gasteiger partial charge in [-0.3, -0.25) is 18.8 Å². The number of nitrogens with zero attached hydrogens (tertiary/aromatic N) is 2. The number of benzene rings is 1. The van der Waals surface area contributed by atoms with Crippen molar-refractivity contribution in [3.63, 3.8) is 0 Å². The van der Waals surface area contributed by atoms with E-state index < -0.39 is 11.5 Å². The van der Waals surface area contributed by atoms with Gasteiger partial charge < -0.3 is 10.6 Å². The van der Waals surface area contributed by atoms with Crippen molar-refractivity contribution in [2.45, 2.75) is 20.8 Å². The molecule has 2 N–H and O–H groups in total. The van der Waals surface area contributed by atoms with Crippen LogP contribution in [-0.2, 0) is 4.79 Å². The van der Waals surface area contributed by atoms with Gasteiger partial charge in [0.05, 0.1) is 0 Å². The fourth-order valence-electron chi connectivity index (χ4n) is 2.41. The van der Waals surface area contributed by atoms with Crippen LogP contribution in [0, 0.1) is 13.8 Å². The fraction of sp³-hybridized carbons (Fsp3) is 0.176. The lowest BCUT2D eigenvalue weighted by Crippen LogP contribution is -2.26. The second-order valence-electron chi connectivity index (χ2n) is 5.55. The molecule has 0 aliphatic rings. The normalized spacial score (nSPS) is 10.7. The van der Waals surface area contributed by atoms with Crippen molar-refractivity contribution in [1.29, 1.82) is 0 Å².